The molecule has 2 rings (SSSR count). The first-order chi connectivity index (χ1) is 8.10. The Bertz CT molecular complexity index is 334. The molecule has 2 saturated heterocycles. The van der Waals surface area contributed by atoms with Crippen LogP contribution in [0.25, 0.3) is 0 Å². The van der Waals surface area contributed by atoms with E-state index in [2.05, 4.69) is 5.32 Å². The Labute approximate surface area is 116 Å². The molecule has 2 aliphatic heterocycles. The number of nitrogens with zero attached hydrogens (tertiary/aromatic N) is 2. The molecule has 1 N–H and O–H groups in total. The van der Waals surface area contributed by atoms with Crippen LogP contribution in [0.3, 0.4) is 0 Å². The van der Waals surface area contributed by atoms with E-state index in [1.165, 1.54) is 0 Å². The van der Waals surface area contributed by atoms with Crippen LogP contribution < -0.4 is 5.32 Å². The summed E-state index contributed by atoms with van der Waals surface area (Å²) in [7, 11) is -3.21. The van der Waals surface area contributed by atoms with Crippen molar-refractivity contribution >= 4 is 22.6 Å². The summed E-state index contributed by atoms with van der Waals surface area (Å²) in [5.74, 6) is 0. The molecule has 0 aromatic heterocycles. The lowest BCUT2D eigenvalue weighted by molar-refractivity contribution is 0.281. The van der Waals surface area contributed by atoms with Gasteiger partial charge in [-0.1, -0.05) is 12.8 Å². The fourth-order valence-electron chi connectivity index (χ4n) is 2.54. The predicted molar refractivity (Wildman–Crippen MR) is 75.2 cm³/mol. The molecular weight excluding hydrogens is 274 g/mol. The zero-order valence-electron chi connectivity index (χ0n) is 11.0. The minimum Gasteiger partial charge on any atom is -0.312 e. The van der Waals surface area contributed by atoms with E-state index in [1.807, 2.05) is 6.92 Å². The summed E-state index contributed by atoms with van der Waals surface area (Å²) in [4.78, 5) is 0. The summed E-state index contributed by atoms with van der Waals surface area (Å²) in [6.07, 6.45) is 4.32. The first kappa shape index (κ1) is 16.2. The van der Waals surface area contributed by atoms with Gasteiger partial charge < -0.3 is 5.32 Å². The number of hydrogen-bond donors (Lipinski definition) is 1. The van der Waals surface area contributed by atoms with E-state index in [0.29, 0.717) is 26.2 Å². The molecule has 5 nitrogen and oxygen atoms in total. The first-order valence-electron chi connectivity index (χ1n) is 6.59. The number of piperazine rings is 1. The molecule has 2 heterocycles. The molecule has 0 aromatic rings. The maximum absolute atomic E-state index is 12.5. The monoisotopic (exact) mass is 297 g/mol. The minimum absolute atomic E-state index is 0. The third kappa shape index (κ3) is 3.81. The summed E-state index contributed by atoms with van der Waals surface area (Å²) in [6, 6.07) is 0.255. The number of halogens is 1. The van der Waals surface area contributed by atoms with Gasteiger partial charge in [0.1, 0.15) is 0 Å². The highest BCUT2D eigenvalue weighted by atomic mass is 35.5. The third-order valence-electron chi connectivity index (χ3n) is 3.55. The predicted octanol–water partition coefficient (Wildman–Crippen LogP) is 0.823. The van der Waals surface area contributed by atoms with Crippen LogP contribution in [0, 0.1) is 0 Å². The van der Waals surface area contributed by atoms with Crippen molar-refractivity contribution in [3.63, 3.8) is 0 Å². The molecule has 0 saturated carbocycles. The molecule has 0 aliphatic carbocycles. The van der Waals surface area contributed by atoms with Gasteiger partial charge in [0.2, 0.25) is 0 Å². The highest BCUT2D eigenvalue weighted by Gasteiger charge is 2.32. The van der Waals surface area contributed by atoms with Crippen LogP contribution >= 0.6 is 12.4 Å². The normalized spacial score (nSPS) is 28.4. The number of rotatable bonds is 2. The SMILES string of the molecule is CC1CN(S(=O)(=O)N2CCCCCC2)CCN1.Cl. The van der Waals surface area contributed by atoms with Gasteiger partial charge in [0.25, 0.3) is 10.2 Å². The molecule has 0 radical (unpaired) electrons. The van der Waals surface area contributed by atoms with Crippen LogP contribution in [0.2, 0.25) is 0 Å². The van der Waals surface area contributed by atoms with E-state index in [1.54, 1.807) is 8.61 Å². The van der Waals surface area contributed by atoms with Crippen molar-refractivity contribution in [2.24, 2.45) is 0 Å². The maximum atomic E-state index is 12.5. The van der Waals surface area contributed by atoms with Gasteiger partial charge in [-0.3, -0.25) is 0 Å². The summed E-state index contributed by atoms with van der Waals surface area (Å²) in [5.41, 5.74) is 0. The average molecular weight is 298 g/mol. The molecule has 0 bridgehead atoms. The molecule has 0 spiro atoms. The second kappa shape index (κ2) is 7.05. The Hall–Kier alpha value is 0.120. The Morgan fingerprint density at radius 1 is 1.00 bits per heavy atom. The van der Waals surface area contributed by atoms with Gasteiger partial charge in [0, 0.05) is 38.8 Å². The van der Waals surface area contributed by atoms with E-state index < -0.39 is 10.2 Å². The lowest BCUT2D eigenvalue weighted by Crippen LogP contribution is -2.55. The van der Waals surface area contributed by atoms with E-state index in [-0.39, 0.29) is 18.4 Å². The van der Waals surface area contributed by atoms with Gasteiger partial charge in [0.05, 0.1) is 0 Å². The largest absolute Gasteiger partial charge is 0.312 e. The smallest absolute Gasteiger partial charge is 0.282 e. The van der Waals surface area contributed by atoms with E-state index in [9.17, 15) is 8.42 Å². The average Bonchev–Trinajstić information content (AvgIpc) is 2.58. The molecule has 0 aromatic carbocycles. The molecule has 1 atom stereocenters. The van der Waals surface area contributed by atoms with Crippen molar-refractivity contribution in [3.05, 3.63) is 0 Å². The summed E-state index contributed by atoms with van der Waals surface area (Å²) < 4.78 is 28.2. The van der Waals surface area contributed by atoms with Crippen LogP contribution in [0.4, 0.5) is 0 Å². The molecule has 108 valence electrons. The van der Waals surface area contributed by atoms with Crippen molar-refractivity contribution in [2.75, 3.05) is 32.7 Å². The van der Waals surface area contributed by atoms with E-state index in [0.717, 1.165) is 32.2 Å². The lowest BCUT2D eigenvalue weighted by atomic mass is 10.2. The first-order valence-corrected chi connectivity index (χ1v) is 7.99. The molecular formula is C11H24ClN3O2S. The van der Waals surface area contributed by atoms with Crippen molar-refractivity contribution in [1.29, 1.82) is 0 Å². The molecule has 2 aliphatic rings. The van der Waals surface area contributed by atoms with Crippen LogP contribution in [-0.2, 0) is 10.2 Å². The van der Waals surface area contributed by atoms with Crippen LogP contribution in [-0.4, -0.2) is 55.8 Å². The quantitative estimate of drug-likeness (QED) is 0.821. The molecule has 18 heavy (non-hydrogen) atoms. The summed E-state index contributed by atoms with van der Waals surface area (Å²) >= 11 is 0. The minimum atomic E-state index is -3.21. The Morgan fingerprint density at radius 2 is 1.61 bits per heavy atom. The molecule has 7 heteroatoms. The lowest BCUT2D eigenvalue weighted by Gasteiger charge is -2.34. The Kier molecular flexibility index (Phi) is 6.34. The van der Waals surface area contributed by atoms with Gasteiger partial charge >= 0.3 is 0 Å². The van der Waals surface area contributed by atoms with Crippen LogP contribution in [0.5, 0.6) is 0 Å². The van der Waals surface area contributed by atoms with Crippen molar-refractivity contribution in [3.8, 4) is 0 Å². The van der Waals surface area contributed by atoms with Gasteiger partial charge in [-0.15, -0.1) is 12.4 Å². The molecule has 1 unspecified atom stereocenters. The van der Waals surface area contributed by atoms with Crippen LogP contribution in [0.15, 0.2) is 0 Å². The zero-order valence-corrected chi connectivity index (χ0v) is 12.6. The maximum Gasteiger partial charge on any atom is 0.282 e. The fourth-order valence-corrected chi connectivity index (χ4v) is 4.32. The third-order valence-corrected chi connectivity index (χ3v) is 5.55. The van der Waals surface area contributed by atoms with Crippen molar-refractivity contribution in [2.45, 2.75) is 38.6 Å². The van der Waals surface area contributed by atoms with Crippen LogP contribution in [0.1, 0.15) is 32.6 Å². The van der Waals surface area contributed by atoms with Gasteiger partial charge in [-0.2, -0.15) is 17.0 Å². The highest BCUT2D eigenvalue weighted by Crippen LogP contribution is 2.17. The van der Waals surface area contributed by atoms with Crippen molar-refractivity contribution < 1.29 is 8.42 Å². The van der Waals surface area contributed by atoms with Crippen molar-refractivity contribution in [1.82, 2.24) is 13.9 Å². The summed E-state index contributed by atoms with van der Waals surface area (Å²) in [6.45, 7) is 5.38. The number of hydrogen-bond acceptors (Lipinski definition) is 3. The van der Waals surface area contributed by atoms with Gasteiger partial charge in [-0.25, -0.2) is 0 Å². The standard InChI is InChI=1S/C11H23N3O2S.ClH/c1-11-10-14(9-6-12-11)17(15,16)13-7-4-2-3-5-8-13;/h11-12H,2-10H2,1H3;1H. The Balaban J connectivity index is 0.00000162. The van der Waals surface area contributed by atoms with Gasteiger partial charge in [-0.05, 0) is 19.8 Å². The zero-order chi connectivity index (χ0) is 12.3. The highest BCUT2D eigenvalue weighted by molar-refractivity contribution is 7.86. The number of nitrogens with one attached hydrogen (secondary N) is 1. The second-order valence-electron chi connectivity index (χ2n) is 5.03. The Morgan fingerprint density at radius 3 is 2.17 bits per heavy atom. The second-order valence-corrected chi connectivity index (χ2v) is 6.96. The van der Waals surface area contributed by atoms with E-state index >= 15 is 0 Å². The topological polar surface area (TPSA) is 52.7 Å². The van der Waals surface area contributed by atoms with E-state index in [4.69, 9.17) is 0 Å². The molecule has 0 amide bonds. The molecule has 2 fully saturated rings. The fraction of sp³-hybridized carbons (Fsp3) is 1.00. The summed E-state index contributed by atoms with van der Waals surface area (Å²) in [5, 5.41) is 3.27. The van der Waals surface area contributed by atoms with Gasteiger partial charge in [0.15, 0.2) is 0 Å².